The number of halogens is 2. The zero-order valence-corrected chi connectivity index (χ0v) is 36.5. The van der Waals surface area contributed by atoms with Crippen LogP contribution in [0.15, 0.2) is 95.9 Å². The number of likely N-dealkylation sites (tertiary alicyclic amines) is 1. The summed E-state index contributed by atoms with van der Waals surface area (Å²) in [6.45, 7) is 14.3. The highest BCUT2D eigenvalue weighted by Gasteiger charge is 2.26. The van der Waals surface area contributed by atoms with E-state index in [4.69, 9.17) is 25.9 Å². The van der Waals surface area contributed by atoms with E-state index in [9.17, 15) is 0 Å². The number of hydrogen-bond donors (Lipinski definition) is 3. The van der Waals surface area contributed by atoms with Gasteiger partial charge in [0.05, 0.1) is 12.3 Å². The smallest absolute Gasteiger partial charge is 0.327 e. The van der Waals surface area contributed by atoms with E-state index in [1.54, 1.807) is 23.9 Å². The molecule has 2 saturated heterocycles. The van der Waals surface area contributed by atoms with Gasteiger partial charge in [-0.2, -0.15) is 0 Å². The summed E-state index contributed by atoms with van der Waals surface area (Å²) in [6.07, 6.45) is 5.25. The lowest BCUT2D eigenvalue weighted by atomic mass is 9.98. The molecule has 2 aliphatic heterocycles. The van der Waals surface area contributed by atoms with Crippen molar-refractivity contribution in [1.29, 1.82) is 0 Å². The Labute approximate surface area is 354 Å². The van der Waals surface area contributed by atoms with Gasteiger partial charge in [-0.05, 0) is 149 Å². The van der Waals surface area contributed by atoms with Crippen LogP contribution in [0.2, 0.25) is 5.02 Å². The summed E-state index contributed by atoms with van der Waals surface area (Å²) in [5, 5.41) is 4.27. The molecule has 0 bridgehead atoms. The number of nitrogens with one attached hydrogen (secondary N) is 1. The highest BCUT2D eigenvalue weighted by Crippen LogP contribution is 2.46. The highest BCUT2D eigenvalue weighted by molar-refractivity contribution is 7.98. The van der Waals surface area contributed by atoms with Gasteiger partial charge in [0.25, 0.3) is 0 Å². The Morgan fingerprint density at radius 2 is 1.41 bits per heavy atom. The van der Waals surface area contributed by atoms with Crippen LogP contribution in [0.4, 0.5) is 21.5 Å². The van der Waals surface area contributed by atoms with Crippen molar-refractivity contribution in [2.75, 3.05) is 80.3 Å². The van der Waals surface area contributed by atoms with Crippen molar-refractivity contribution in [3.8, 4) is 33.5 Å². The summed E-state index contributed by atoms with van der Waals surface area (Å²) in [4.78, 5) is 26.4. The van der Waals surface area contributed by atoms with Crippen molar-refractivity contribution >= 4 is 49.0 Å². The van der Waals surface area contributed by atoms with Gasteiger partial charge in [-0.25, -0.2) is 4.39 Å². The van der Waals surface area contributed by atoms with E-state index in [-0.39, 0.29) is 11.9 Å². The van der Waals surface area contributed by atoms with Gasteiger partial charge in [0.1, 0.15) is 5.82 Å². The first-order valence-corrected chi connectivity index (χ1v) is 23.2. The zero-order valence-electron chi connectivity index (χ0n) is 34.0. The lowest BCUT2D eigenvalue weighted by Crippen LogP contribution is -2.46. The van der Waals surface area contributed by atoms with Crippen molar-refractivity contribution in [2.24, 2.45) is 5.92 Å². The summed E-state index contributed by atoms with van der Waals surface area (Å²) in [5.41, 5.74) is 10.9. The second-order valence-corrected chi connectivity index (χ2v) is 17.7. The Hall–Kier alpha value is -3.60. The van der Waals surface area contributed by atoms with Gasteiger partial charge in [0, 0.05) is 77.0 Å². The van der Waals surface area contributed by atoms with E-state index >= 15 is 4.39 Å². The number of rotatable bonds is 15. The van der Waals surface area contributed by atoms with Crippen molar-refractivity contribution in [2.45, 2.75) is 51.0 Å². The quantitative estimate of drug-likeness (QED) is 0.0547. The molecule has 12 heteroatoms. The van der Waals surface area contributed by atoms with Crippen LogP contribution in [0.3, 0.4) is 0 Å². The normalized spacial score (nSPS) is 15.6. The fraction of sp³-hybridized carbons (Fsp3) is 0.391. The topological polar surface area (TPSA) is 76.4 Å². The number of anilines is 3. The SMILES string of the molecule is CSc1c(-c2cc(F)cc(N3CCN(c4ccc(-c5ccc(NCCCN6CCC(COP(O)O)CC6)cc5)cc4)CC3)c2)c(-c2ccc(Cl)cc2)n(C(C)C)c1C. The molecule has 0 aliphatic carbocycles. The van der Waals surface area contributed by atoms with Crippen LogP contribution in [0.5, 0.6) is 0 Å². The minimum Gasteiger partial charge on any atom is -0.385 e. The van der Waals surface area contributed by atoms with E-state index in [2.05, 4.69) is 118 Å². The van der Waals surface area contributed by atoms with Crippen LogP contribution in [-0.4, -0.2) is 84.5 Å². The van der Waals surface area contributed by atoms with Gasteiger partial charge in [-0.15, -0.1) is 11.8 Å². The number of thioether (sulfide) groups is 1. The molecule has 5 aromatic rings. The molecular weight excluding hydrogens is 788 g/mol. The molecule has 2 fully saturated rings. The number of nitrogens with zero attached hydrogens (tertiary/aromatic N) is 4. The van der Waals surface area contributed by atoms with Gasteiger partial charge in [0.2, 0.25) is 0 Å². The molecule has 3 heterocycles. The van der Waals surface area contributed by atoms with E-state index < -0.39 is 8.60 Å². The van der Waals surface area contributed by atoms with Crippen molar-refractivity contribution in [1.82, 2.24) is 9.47 Å². The number of benzene rings is 4. The lowest BCUT2D eigenvalue weighted by molar-refractivity contribution is 0.132. The Kier molecular flexibility index (Phi) is 14.4. The molecule has 8 nitrogen and oxygen atoms in total. The van der Waals surface area contributed by atoms with Crippen LogP contribution in [0, 0.1) is 18.7 Å². The van der Waals surface area contributed by atoms with Crippen molar-refractivity contribution < 1.29 is 18.7 Å². The Morgan fingerprint density at radius 1 is 0.810 bits per heavy atom. The molecule has 0 spiro atoms. The molecule has 58 heavy (non-hydrogen) atoms. The molecule has 0 radical (unpaired) electrons. The maximum Gasteiger partial charge on any atom is 0.327 e. The zero-order chi connectivity index (χ0) is 40.8. The summed E-state index contributed by atoms with van der Waals surface area (Å²) in [7, 11) is -2.25. The summed E-state index contributed by atoms with van der Waals surface area (Å²) in [6, 6.07) is 31.3. The Bertz CT molecular complexity index is 2100. The number of aromatic nitrogens is 1. The standard InChI is InChI=1S/C46H56ClFN5O3PS/c1-32(2)53-33(3)46(58-4)44(45(53)37-6-12-39(47)13-7-37)38-28-40(48)30-43(29-38)52-26-24-51(25-27-52)42-16-10-36(11-17-42)35-8-14-41(15-9-35)49-20-5-21-50-22-18-34(19-23-50)31-56-57(54)55/h6-17,28-30,32,34,49,54-55H,5,18-27,31H2,1-4H3. The molecule has 0 unspecified atom stereocenters. The van der Waals surface area contributed by atoms with Gasteiger partial charge in [-0.3, -0.25) is 0 Å². The molecule has 0 saturated carbocycles. The van der Waals surface area contributed by atoms with Gasteiger partial charge in [0.15, 0.2) is 0 Å². The number of piperidine rings is 1. The predicted molar refractivity (Wildman–Crippen MR) is 243 cm³/mol. The fourth-order valence-electron chi connectivity index (χ4n) is 8.59. The van der Waals surface area contributed by atoms with Crippen LogP contribution < -0.4 is 15.1 Å². The second kappa shape index (κ2) is 19.6. The first-order chi connectivity index (χ1) is 28.1. The molecular formula is C46H56ClFN5O3PS. The van der Waals surface area contributed by atoms with Crippen LogP contribution in [-0.2, 0) is 4.52 Å². The third-order valence-corrected chi connectivity index (χ3v) is 13.2. The molecule has 4 aromatic carbocycles. The molecule has 7 rings (SSSR count). The Morgan fingerprint density at radius 3 is 2.02 bits per heavy atom. The van der Waals surface area contributed by atoms with E-state index in [1.165, 1.54) is 27.4 Å². The minimum atomic E-state index is -2.25. The second-order valence-electron chi connectivity index (χ2n) is 15.7. The van der Waals surface area contributed by atoms with Gasteiger partial charge >= 0.3 is 8.60 Å². The van der Waals surface area contributed by atoms with Crippen molar-refractivity contribution in [3.63, 3.8) is 0 Å². The summed E-state index contributed by atoms with van der Waals surface area (Å²) in [5.74, 6) is 0.189. The third-order valence-electron chi connectivity index (χ3n) is 11.6. The average molecular weight is 844 g/mol. The number of piperazine rings is 1. The molecule has 3 N–H and O–H groups in total. The maximum absolute atomic E-state index is 15.6. The maximum atomic E-state index is 15.6. The Balaban J connectivity index is 0.941. The average Bonchev–Trinajstić information content (AvgIpc) is 3.54. The molecule has 308 valence electrons. The lowest BCUT2D eigenvalue weighted by Gasteiger charge is -2.37. The van der Waals surface area contributed by atoms with Crippen LogP contribution in [0.25, 0.3) is 33.5 Å². The molecule has 1 aromatic heterocycles. The minimum absolute atomic E-state index is 0.225. The van der Waals surface area contributed by atoms with Gasteiger partial charge in [-0.1, -0.05) is 48.0 Å². The largest absolute Gasteiger partial charge is 0.385 e. The molecule has 2 aliphatic rings. The first kappa shape index (κ1) is 42.5. The molecule has 0 amide bonds. The number of hydrogen-bond acceptors (Lipinski definition) is 8. The van der Waals surface area contributed by atoms with Crippen molar-refractivity contribution in [3.05, 3.63) is 108 Å². The third kappa shape index (κ3) is 10.2. The van der Waals surface area contributed by atoms with Crippen LogP contribution in [0.1, 0.15) is 44.8 Å². The summed E-state index contributed by atoms with van der Waals surface area (Å²) >= 11 is 8.02. The van der Waals surface area contributed by atoms with Crippen LogP contribution >= 0.6 is 32.0 Å². The highest BCUT2D eigenvalue weighted by atomic mass is 35.5. The van der Waals surface area contributed by atoms with E-state index in [1.807, 2.05) is 12.1 Å². The fourth-order valence-corrected chi connectivity index (χ4v) is 9.88. The van der Waals surface area contributed by atoms with E-state index in [0.717, 1.165) is 105 Å². The molecule has 0 atom stereocenters. The predicted octanol–water partition coefficient (Wildman–Crippen LogP) is 11.0. The summed E-state index contributed by atoms with van der Waals surface area (Å²) < 4.78 is 23.0. The first-order valence-electron chi connectivity index (χ1n) is 20.4. The van der Waals surface area contributed by atoms with Gasteiger partial charge < -0.3 is 38.9 Å². The monoisotopic (exact) mass is 843 g/mol. The van der Waals surface area contributed by atoms with E-state index in [0.29, 0.717) is 17.5 Å².